The van der Waals surface area contributed by atoms with Crippen molar-refractivity contribution in [2.45, 2.75) is 6.92 Å². The molecule has 0 unspecified atom stereocenters. The summed E-state index contributed by atoms with van der Waals surface area (Å²) in [5, 5.41) is 4.68. The molecule has 0 aliphatic heterocycles. The maximum absolute atomic E-state index is 11.3. The van der Waals surface area contributed by atoms with Gasteiger partial charge in [0.1, 0.15) is 5.69 Å². The maximum Gasteiger partial charge on any atom is 0.250 e. The second kappa shape index (κ2) is 4.10. The van der Waals surface area contributed by atoms with E-state index < -0.39 is 5.91 Å². The summed E-state index contributed by atoms with van der Waals surface area (Å²) < 4.78 is 1.47. The van der Waals surface area contributed by atoms with Gasteiger partial charge in [0.15, 0.2) is 0 Å². The van der Waals surface area contributed by atoms with Crippen LogP contribution in [-0.2, 0) is 0 Å². The van der Waals surface area contributed by atoms with Gasteiger partial charge in [-0.3, -0.25) is 4.79 Å². The van der Waals surface area contributed by atoms with Gasteiger partial charge < -0.3 is 11.5 Å². The minimum absolute atomic E-state index is 0.309. The highest BCUT2D eigenvalue weighted by molar-refractivity contribution is 6.31. The molecule has 2 rings (SSSR count). The number of aromatic nitrogens is 2. The number of carbonyl (C=O) groups is 1. The number of benzene rings is 1. The zero-order chi connectivity index (χ0) is 12.6. The zero-order valence-electron chi connectivity index (χ0n) is 9.14. The second-order valence-electron chi connectivity index (χ2n) is 3.61. The van der Waals surface area contributed by atoms with E-state index in [0.717, 1.165) is 0 Å². The molecular weight excluding hydrogens is 240 g/mol. The Morgan fingerprint density at radius 1 is 1.47 bits per heavy atom. The van der Waals surface area contributed by atoms with E-state index in [4.69, 9.17) is 23.1 Å². The first-order valence-electron chi connectivity index (χ1n) is 4.91. The van der Waals surface area contributed by atoms with Crippen LogP contribution in [0.1, 0.15) is 16.1 Å². The van der Waals surface area contributed by atoms with Gasteiger partial charge in [0, 0.05) is 6.20 Å². The predicted molar refractivity (Wildman–Crippen MR) is 66.2 cm³/mol. The van der Waals surface area contributed by atoms with Gasteiger partial charge in [0.25, 0.3) is 5.91 Å². The molecule has 0 spiro atoms. The number of primary amides is 1. The summed E-state index contributed by atoms with van der Waals surface area (Å²) >= 11 is 5.92. The lowest BCUT2D eigenvalue weighted by Crippen LogP contribution is -2.16. The molecule has 6 heteroatoms. The Morgan fingerprint density at radius 2 is 2.18 bits per heavy atom. The third-order valence-corrected chi connectivity index (χ3v) is 2.77. The average Bonchev–Trinajstić information content (AvgIpc) is 2.58. The summed E-state index contributed by atoms with van der Waals surface area (Å²) in [7, 11) is 0. The summed E-state index contributed by atoms with van der Waals surface area (Å²) in [6.07, 6.45) is 1.59. The number of amides is 1. The molecule has 0 saturated heterocycles. The minimum Gasteiger partial charge on any atom is -0.397 e. The zero-order valence-corrected chi connectivity index (χ0v) is 9.90. The van der Waals surface area contributed by atoms with Crippen molar-refractivity contribution in [2.75, 3.05) is 5.73 Å². The highest BCUT2D eigenvalue weighted by Crippen LogP contribution is 2.24. The fourth-order valence-corrected chi connectivity index (χ4v) is 1.70. The number of para-hydroxylation sites is 1. The number of nitrogen functional groups attached to an aromatic ring is 1. The highest BCUT2D eigenvalue weighted by Gasteiger charge is 2.14. The Hall–Kier alpha value is -2.01. The third-order valence-electron chi connectivity index (χ3n) is 2.40. The molecule has 88 valence electrons. The van der Waals surface area contributed by atoms with Crippen LogP contribution in [0.15, 0.2) is 24.4 Å². The molecule has 1 heterocycles. The van der Waals surface area contributed by atoms with Crippen molar-refractivity contribution in [2.24, 2.45) is 5.73 Å². The minimum atomic E-state index is -0.559. The van der Waals surface area contributed by atoms with E-state index in [9.17, 15) is 4.79 Å². The van der Waals surface area contributed by atoms with E-state index in [0.29, 0.717) is 27.7 Å². The molecule has 0 radical (unpaired) electrons. The lowest BCUT2D eigenvalue weighted by Gasteiger charge is -2.09. The largest absolute Gasteiger partial charge is 0.397 e. The lowest BCUT2D eigenvalue weighted by molar-refractivity contribution is 0.1000. The molecule has 1 amide bonds. The predicted octanol–water partition coefficient (Wildman–Crippen LogP) is 1.52. The molecule has 1 aromatic carbocycles. The molecule has 1 aromatic heterocycles. The number of nitrogens with zero attached hydrogens (tertiary/aromatic N) is 2. The Labute approximate surface area is 103 Å². The average molecular weight is 251 g/mol. The van der Waals surface area contributed by atoms with Gasteiger partial charge in [-0.05, 0) is 19.1 Å². The van der Waals surface area contributed by atoms with Gasteiger partial charge in [-0.2, -0.15) is 5.10 Å². The monoisotopic (exact) mass is 250 g/mol. The molecule has 0 atom stereocenters. The Morgan fingerprint density at radius 3 is 2.71 bits per heavy atom. The molecule has 0 fully saturated rings. The maximum atomic E-state index is 11.3. The number of hydrogen-bond donors (Lipinski definition) is 2. The van der Waals surface area contributed by atoms with E-state index in [2.05, 4.69) is 5.10 Å². The number of aryl methyl sites for hydroxylation is 1. The van der Waals surface area contributed by atoms with Crippen LogP contribution >= 0.6 is 11.6 Å². The molecular formula is C11H11ClN4O. The Balaban J connectivity index is 2.69. The van der Waals surface area contributed by atoms with Crippen LogP contribution in [0.25, 0.3) is 5.69 Å². The smallest absolute Gasteiger partial charge is 0.250 e. The van der Waals surface area contributed by atoms with Crippen LogP contribution in [0, 0.1) is 6.92 Å². The summed E-state index contributed by atoms with van der Waals surface area (Å²) in [4.78, 5) is 11.3. The number of hydrogen-bond acceptors (Lipinski definition) is 3. The summed E-state index contributed by atoms with van der Waals surface area (Å²) in [6.45, 7) is 1.77. The standard InChI is InChI=1S/C11H11ClN4O/c1-6-8(12)5-16(15-6)10-7(11(14)17)3-2-4-9(10)13/h2-5H,13H2,1H3,(H2,14,17). The van der Waals surface area contributed by atoms with Crippen molar-refractivity contribution >= 4 is 23.2 Å². The van der Waals surface area contributed by atoms with Crippen molar-refractivity contribution in [1.82, 2.24) is 9.78 Å². The van der Waals surface area contributed by atoms with Gasteiger partial charge in [-0.25, -0.2) is 4.68 Å². The molecule has 2 aromatic rings. The van der Waals surface area contributed by atoms with Crippen LogP contribution < -0.4 is 11.5 Å². The van der Waals surface area contributed by atoms with Crippen LogP contribution in [-0.4, -0.2) is 15.7 Å². The molecule has 0 aliphatic rings. The van der Waals surface area contributed by atoms with Crippen molar-refractivity contribution in [3.63, 3.8) is 0 Å². The lowest BCUT2D eigenvalue weighted by atomic mass is 10.1. The van der Waals surface area contributed by atoms with E-state index in [-0.39, 0.29) is 0 Å². The van der Waals surface area contributed by atoms with Crippen molar-refractivity contribution in [3.05, 3.63) is 40.7 Å². The van der Waals surface area contributed by atoms with Crippen LogP contribution in [0.5, 0.6) is 0 Å². The quantitative estimate of drug-likeness (QED) is 0.792. The van der Waals surface area contributed by atoms with Gasteiger partial charge in [0.05, 0.1) is 22.0 Å². The molecule has 5 nitrogen and oxygen atoms in total. The van der Waals surface area contributed by atoms with E-state index in [1.807, 2.05) is 0 Å². The molecule has 4 N–H and O–H groups in total. The summed E-state index contributed by atoms with van der Waals surface area (Å²) in [6, 6.07) is 4.93. The van der Waals surface area contributed by atoms with Crippen LogP contribution in [0.3, 0.4) is 0 Å². The number of anilines is 1. The van der Waals surface area contributed by atoms with Gasteiger partial charge in [-0.15, -0.1) is 0 Å². The first-order valence-corrected chi connectivity index (χ1v) is 5.29. The first-order chi connectivity index (χ1) is 8.00. The third kappa shape index (κ3) is 1.97. The van der Waals surface area contributed by atoms with E-state index in [1.54, 1.807) is 31.3 Å². The number of nitrogens with two attached hydrogens (primary N) is 2. The molecule has 0 saturated carbocycles. The number of halogens is 1. The molecule has 0 bridgehead atoms. The Bertz CT molecular complexity index is 572. The summed E-state index contributed by atoms with van der Waals surface area (Å²) in [5.74, 6) is -0.559. The number of rotatable bonds is 2. The molecule has 0 aliphatic carbocycles. The topological polar surface area (TPSA) is 86.9 Å². The fraction of sp³-hybridized carbons (Fsp3) is 0.0909. The van der Waals surface area contributed by atoms with Crippen LogP contribution in [0.2, 0.25) is 5.02 Å². The van der Waals surface area contributed by atoms with Crippen molar-refractivity contribution < 1.29 is 4.79 Å². The fourth-order valence-electron chi connectivity index (χ4n) is 1.57. The van der Waals surface area contributed by atoms with Crippen LogP contribution in [0.4, 0.5) is 5.69 Å². The molecule has 17 heavy (non-hydrogen) atoms. The van der Waals surface area contributed by atoms with E-state index >= 15 is 0 Å². The number of carbonyl (C=O) groups excluding carboxylic acids is 1. The van der Waals surface area contributed by atoms with Crippen molar-refractivity contribution in [1.29, 1.82) is 0 Å². The first kappa shape index (κ1) is 11.5. The second-order valence-corrected chi connectivity index (χ2v) is 4.02. The normalized spacial score (nSPS) is 10.5. The van der Waals surface area contributed by atoms with Crippen molar-refractivity contribution in [3.8, 4) is 5.69 Å². The van der Waals surface area contributed by atoms with Gasteiger partial charge >= 0.3 is 0 Å². The Kier molecular flexibility index (Phi) is 2.77. The van der Waals surface area contributed by atoms with Gasteiger partial charge in [-0.1, -0.05) is 17.7 Å². The van der Waals surface area contributed by atoms with Gasteiger partial charge in [0.2, 0.25) is 0 Å². The van der Waals surface area contributed by atoms with E-state index in [1.165, 1.54) is 4.68 Å². The SMILES string of the molecule is Cc1nn(-c2c(N)cccc2C(N)=O)cc1Cl. The summed E-state index contributed by atoms with van der Waals surface area (Å²) in [5.41, 5.74) is 13.0. The highest BCUT2D eigenvalue weighted by atomic mass is 35.5.